The van der Waals surface area contributed by atoms with Crippen molar-refractivity contribution in [1.82, 2.24) is 25.8 Å². The maximum Gasteiger partial charge on any atom is 0.155 e. The van der Waals surface area contributed by atoms with Gasteiger partial charge in [0.25, 0.3) is 0 Å². The van der Waals surface area contributed by atoms with E-state index in [0.717, 1.165) is 11.3 Å². The van der Waals surface area contributed by atoms with Crippen molar-refractivity contribution in [2.24, 2.45) is 10.9 Å². The molecule has 1 aliphatic rings. The number of aromatic nitrogens is 3. The van der Waals surface area contributed by atoms with Crippen LogP contribution in [0, 0.1) is 0 Å². The van der Waals surface area contributed by atoms with Crippen molar-refractivity contribution >= 4 is 22.1 Å². The van der Waals surface area contributed by atoms with Gasteiger partial charge >= 0.3 is 0 Å². The molecular formula is C12H12BrN7. The van der Waals surface area contributed by atoms with Crippen molar-refractivity contribution in [3.8, 4) is 11.3 Å². The summed E-state index contributed by atoms with van der Waals surface area (Å²) in [6, 6.07) is 9.85. The predicted octanol–water partition coefficient (Wildman–Crippen LogP) is 1.48. The number of halogens is 1. The van der Waals surface area contributed by atoms with Crippen LogP contribution in [0.3, 0.4) is 0 Å². The first-order chi connectivity index (χ1) is 9.77. The Morgan fingerprint density at radius 1 is 1.20 bits per heavy atom. The third-order valence-electron chi connectivity index (χ3n) is 2.21. The molecule has 1 aliphatic heterocycles. The van der Waals surface area contributed by atoms with Gasteiger partial charge in [-0.1, -0.05) is 30.3 Å². The molecule has 1 aromatic heterocycles. The Kier molecular flexibility index (Phi) is 5.15. The highest BCUT2D eigenvalue weighted by Crippen LogP contribution is 2.22. The highest BCUT2D eigenvalue weighted by molar-refractivity contribution is 9.10. The lowest BCUT2D eigenvalue weighted by Gasteiger charge is -2.12. The molecule has 7 nitrogen and oxygen atoms in total. The Morgan fingerprint density at radius 3 is 2.55 bits per heavy atom. The van der Waals surface area contributed by atoms with E-state index in [2.05, 4.69) is 41.7 Å². The van der Waals surface area contributed by atoms with Crippen LogP contribution in [0.2, 0.25) is 0 Å². The Balaban J connectivity index is 0.000000178. The quantitative estimate of drug-likeness (QED) is 0.768. The van der Waals surface area contributed by atoms with Gasteiger partial charge in [0.05, 0.1) is 6.21 Å². The lowest BCUT2D eigenvalue weighted by atomic mass is 10.2. The van der Waals surface area contributed by atoms with Crippen LogP contribution in [0.4, 0.5) is 0 Å². The Bertz CT molecular complexity index is 600. The number of nitrogens with two attached hydrogens (primary N) is 1. The molecule has 0 saturated carbocycles. The van der Waals surface area contributed by atoms with Gasteiger partial charge in [0.1, 0.15) is 12.0 Å². The molecule has 0 spiro atoms. The van der Waals surface area contributed by atoms with Gasteiger partial charge in [0.2, 0.25) is 0 Å². The van der Waals surface area contributed by atoms with Crippen molar-refractivity contribution in [3.63, 3.8) is 0 Å². The molecule has 1 aromatic carbocycles. The van der Waals surface area contributed by atoms with Gasteiger partial charge in [-0.25, -0.2) is 21.5 Å². The molecule has 0 amide bonds. The van der Waals surface area contributed by atoms with E-state index in [1.54, 1.807) is 18.5 Å². The van der Waals surface area contributed by atoms with Crippen LogP contribution in [0.15, 0.2) is 58.6 Å². The predicted molar refractivity (Wildman–Crippen MR) is 79.8 cm³/mol. The second kappa shape index (κ2) is 7.31. The van der Waals surface area contributed by atoms with E-state index >= 15 is 0 Å². The van der Waals surface area contributed by atoms with Crippen LogP contribution in [-0.2, 0) is 0 Å². The Labute approximate surface area is 124 Å². The second-order valence-electron chi connectivity index (χ2n) is 3.59. The molecule has 0 aliphatic carbocycles. The van der Waals surface area contributed by atoms with Gasteiger partial charge in [0.15, 0.2) is 4.60 Å². The molecule has 0 bridgehead atoms. The molecule has 0 unspecified atom stereocenters. The van der Waals surface area contributed by atoms with Crippen molar-refractivity contribution < 1.29 is 0 Å². The fourth-order valence-electron chi connectivity index (χ4n) is 1.36. The van der Waals surface area contributed by atoms with E-state index in [-0.39, 0.29) is 0 Å². The van der Waals surface area contributed by atoms with Crippen LogP contribution in [0.1, 0.15) is 0 Å². The molecule has 0 radical (unpaired) electrons. The SMILES string of the molecule is Brc1nncnc1-c1ccccc1.NN1C=CC=NN1. The molecule has 0 fully saturated rings. The minimum atomic E-state index is 0.668. The largest absolute Gasteiger partial charge is 0.232 e. The number of nitrogens with one attached hydrogen (secondary N) is 1. The van der Waals surface area contributed by atoms with E-state index in [9.17, 15) is 0 Å². The average molecular weight is 334 g/mol. The normalized spacial score (nSPS) is 12.4. The summed E-state index contributed by atoms with van der Waals surface area (Å²) in [5, 5.41) is 12.4. The van der Waals surface area contributed by atoms with Gasteiger partial charge in [-0.15, -0.1) is 10.2 Å². The maximum atomic E-state index is 5.16. The Hall–Kier alpha value is -2.32. The van der Waals surface area contributed by atoms with Crippen molar-refractivity contribution in [1.29, 1.82) is 0 Å². The number of rotatable bonds is 1. The highest BCUT2D eigenvalue weighted by Gasteiger charge is 2.03. The molecule has 3 N–H and O–H groups in total. The third kappa shape index (κ3) is 4.11. The number of nitrogens with zero attached hydrogens (tertiary/aromatic N) is 5. The average Bonchev–Trinajstić information content (AvgIpc) is 2.50. The summed E-state index contributed by atoms with van der Waals surface area (Å²) >= 11 is 3.30. The Morgan fingerprint density at radius 2 is 2.00 bits per heavy atom. The molecule has 0 saturated heterocycles. The minimum Gasteiger partial charge on any atom is -0.232 e. The van der Waals surface area contributed by atoms with E-state index < -0.39 is 0 Å². The van der Waals surface area contributed by atoms with Crippen molar-refractivity contribution in [2.45, 2.75) is 0 Å². The minimum absolute atomic E-state index is 0.668. The van der Waals surface area contributed by atoms with Crippen molar-refractivity contribution in [3.05, 3.63) is 53.5 Å². The van der Waals surface area contributed by atoms with E-state index in [1.165, 1.54) is 11.4 Å². The zero-order valence-corrected chi connectivity index (χ0v) is 12.0. The van der Waals surface area contributed by atoms with Crippen molar-refractivity contribution in [2.75, 3.05) is 0 Å². The number of hydrogen-bond donors (Lipinski definition) is 2. The van der Waals surface area contributed by atoms with E-state index in [1.807, 2.05) is 30.3 Å². The first kappa shape index (κ1) is 14.1. The number of hydrazone groups is 1. The zero-order chi connectivity index (χ0) is 14.2. The van der Waals surface area contributed by atoms with Gasteiger partial charge in [-0.05, 0) is 22.0 Å². The molecule has 8 heteroatoms. The number of benzene rings is 1. The van der Waals surface area contributed by atoms with Gasteiger partial charge < -0.3 is 0 Å². The fourth-order valence-corrected chi connectivity index (χ4v) is 1.78. The molecule has 102 valence electrons. The molecule has 3 rings (SSSR count). The molecular weight excluding hydrogens is 322 g/mol. The number of allylic oxidation sites excluding steroid dienone is 1. The fraction of sp³-hybridized carbons (Fsp3) is 0. The molecule has 2 heterocycles. The molecule has 2 aromatic rings. The summed E-state index contributed by atoms with van der Waals surface area (Å²) in [6.45, 7) is 0. The van der Waals surface area contributed by atoms with Crippen LogP contribution < -0.4 is 11.4 Å². The number of hydrazine groups is 2. The van der Waals surface area contributed by atoms with Crippen LogP contribution >= 0.6 is 15.9 Å². The summed E-state index contributed by atoms with van der Waals surface area (Å²) in [4.78, 5) is 4.13. The lowest BCUT2D eigenvalue weighted by Crippen LogP contribution is -2.36. The smallest absolute Gasteiger partial charge is 0.155 e. The summed E-state index contributed by atoms with van der Waals surface area (Å²) in [5.41, 5.74) is 4.32. The summed E-state index contributed by atoms with van der Waals surface area (Å²) in [6.07, 6.45) is 6.44. The lowest BCUT2D eigenvalue weighted by molar-refractivity contribution is 0.284. The monoisotopic (exact) mass is 333 g/mol. The topological polar surface area (TPSA) is 92.3 Å². The van der Waals surface area contributed by atoms with Crippen LogP contribution in [0.25, 0.3) is 11.3 Å². The summed E-state index contributed by atoms with van der Waals surface area (Å²) < 4.78 is 0.668. The first-order valence-electron chi connectivity index (χ1n) is 5.65. The first-order valence-corrected chi connectivity index (χ1v) is 6.44. The molecule has 20 heavy (non-hydrogen) atoms. The second-order valence-corrected chi connectivity index (χ2v) is 4.34. The summed E-state index contributed by atoms with van der Waals surface area (Å²) in [7, 11) is 0. The molecule has 0 atom stereocenters. The van der Waals surface area contributed by atoms with E-state index in [4.69, 9.17) is 5.84 Å². The summed E-state index contributed by atoms with van der Waals surface area (Å²) in [5.74, 6) is 5.16. The highest BCUT2D eigenvalue weighted by atomic mass is 79.9. The van der Waals surface area contributed by atoms with Gasteiger partial charge in [-0.3, -0.25) is 0 Å². The third-order valence-corrected chi connectivity index (χ3v) is 2.74. The zero-order valence-electron chi connectivity index (χ0n) is 10.4. The van der Waals surface area contributed by atoms with Gasteiger partial charge in [0, 0.05) is 11.8 Å². The van der Waals surface area contributed by atoms with E-state index in [0.29, 0.717) is 4.60 Å². The maximum absolute atomic E-state index is 5.16. The standard InChI is InChI=1S/C9H6BrN3.C3H6N4/c10-9-8(11-6-12-13-9)7-4-2-1-3-5-7;4-7-3-1-2-5-6-7/h1-6H;1-3,6H,4H2. The number of hydrogen-bond acceptors (Lipinski definition) is 7. The van der Waals surface area contributed by atoms with Gasteiger partial charge in [-0.2, -0.15) is 5.10 Å². The van der Waals surface area contributed by atoms with Crippen LogP contribution in [0.5, 0.6) is 0 Å². The van der Waals surface area contributed by atoms with Crippen LogP contribution in [-0.4, -0.2) is 26.5 Å².